The second-order valence-electron chi connectivity index (χ2n) is 5.31. The van der Waals surface area contributed by atoms with Crippen LogP contribution in [0.25, 0.3) is 0 Å². The molecule has 0 fully saturated rings. The van der Waals surface area contributed by atoms with Gasteiger partial charge < -0.3 is 20.1 Å². The van der Waals surface area contributed by atoms with E-state index < -0.39 is 0 Å². The van der Waals surface area contributed by atoms with Crippen LogP contribution in [-0.2, 0) is 4.79 Å². The van der Waals surface area contributed by atoms with Gasteiger partial charge in [-0.15, -0.1) is 0 Å². The standard InChI is InChI=1S/C19H21ClN2O4/c1-2-25-16-7-3-14(4-8-16)19(24)22-12-11-21-18(23)13-26-17-9-5-15(20)6-10-17/h3-10H,2,11-13H2,1H3,(H,21,23)(H,22,24). The molecular weight excluding hydrogens is 356 g/mol. The highest BCUT2D eigenvalue weighted by molar-refractivity contribution is 6.30. The van der Waals surface area contributed by atoms with E-state index in [-0.39, 0.29) is 18.4 Å². The third-order valence-electron chi connectivity index (χ3n) is 3.34. The first-order valence-corrected chi connectivity index (χ1v) is 8.62. The molecule has 6 nitrogen and oxygen atoms in total. The smallest absolute Gasteiger partial charge is 0.258 e. The Kier molecular flexibility index (Phi) is 7.76. The summed E-state index contributed by atoms with van der Waals surface area (Å²) >= 11 is 5.77. The number of ether oxygens (including phenoxy) is 2. The van der Waals surface area contributed by atoms with Crippen LogP contribution in [0.4, 0.5) is 0 Å². The second-order valence-corrected chi connectivity index (χ2v) is 5.74. The fourth-order valence-corrected chi connectivity index (χ4v) is 2.21. The van der Waals surface area contributed by atoms with Crippen molar-refractivity contribution in [2.24, 2.45) is 0 Å². The molecule has 0 heterocycles. The summed E-state index contributed by atoms with van der Waals surface area (Å²) in [7, 11) is 0. The third-order valence-corrected chi connectivity index (χ3v) is 3.60. The maximum atomic E-state index is 12.0. The van der Waals surface area contributed by atoms with E-state index >= 15 is 0 Å². The van der Waals surface area contributed by atoms with E-state index in [1.807, 2.05) is 6.92 Å². The summed E-state index contributed by atoms with van der Waals surface area (Å²) in [5, 5.41) is 6.01. The van der Waals surface area contributed by atoms with Crippen LogP contribution in [-0.4, -0.2) is 38.1 Å². The van der Waals surface area contributed by atoms with E-state index in [4.69, 9.17) is 21.1 Å². The molecule has 0 unspecified atom stereocenters. The van der Waals surface area contributed by atoms with Crippen molar-refractivity contribution in [3.63, 3.8) is 0 Å². The van der Waals surface area contributed by atoms with Crippen molar-refractivity contribution in [1.29, 1.82) is 0 Å². The lowest BCUT2D eigenvalue weighted by Gasteiger charge is -2.09. The Bertz CT molecular complexity index is 717. The average molecular weight is 377 g/mol. The zero-order chi connectivity index (χ0) is 18.8. The molecule has 0 saturated carbocycles. The predicted molar refractivity (Wildman–Crippen MR) is 99.9 cm³/mol. The number of carbonyl (C=O) groups excluding carboxylic acids is 2. The lowest BCUT2D eigenvalue weighted by atomic mass is 10.2. The molecule has 2 aromatic carbocycles. The maximum absolute atomic E-state index is 12.0. The minimum absolute atomic E-state index is 0.103. The Morgan fingerprint density at radius 3 is 2.12 bits per heavy atom. The van der Waals surface area contributed by atoms with Crippen molar-refractivity contribution in [3.8, 4) is 11.5 Å². The Morgan fingerprint density at radius 1 is 0.885 bits per heavy atom. The molecule has 26 heavy (non-hydrogen) atoms. The number of halogens is 1. The molecule has 0 aliphatic heterocycles. The number of rotatable bonds is 9. The summed E-state index contributed by atoms with van der Waals surface area (Å²) < 4.78 is 10.7. The first kappa shape index (κ1) is 19.6. The Labute approximate surface area is 157 Å². The summed E-state index contributed by atoms with van der Waals surface area (Å²) in [6.45, 7) is 3.00. The molecule has 0 aliphatic rings. The average Bonchev–Trinajstić information content (AvgIpc) is 2.65. The molecule has 2 rings (SSSR count). The number of nitrogens with one attached hydrogen (secondary N) is 2. The zero-order valence-corrected chi connectivity index (χ0v) is 15.2. The molecule has 0 radical (unpaired) electrons. The Hall–Kier alpha value is -2.73. The van der Waals surface area contributed by atoms with Crippen molar-refractivity contribution in [1.82, 2.24) is 10.6 Å². The molecule has 0 aliphatic carbocycles. The van der Waals surface area contributed by atoms with Gasteiger partial charge in [0.1, 0.15) is 11.5 Å². The van der Waals surface area contributed by atoms with E-state index in [1.165, 1.54) is 0 Å². The number of hydrogen-bond donors (Lipinski definition) is 2. The highest BCUT2D eigenvalue weighted by Crippen LogP contribution is 2.15. The maximum Gasteiger partial charge on any atom is 0.258 e. The van der Waals surface area contributed by atoms with Gasteiger partial charge in [0.2, 0.25) is 0 Å². The summed E-state index contributed by atoms with van der Waals surface area (Å²) in [4.78, 5) is 23.7. The fourth-order valence-electron chi connectivity index (χ4n) is 2.08. The molecule has 0 saturated heterocycles. The molecule has 0 aromatic heterocycles. The molecule has 0 bridgehead atoms. The number of carbonyl (C=O) groups is 2. The van der Waals surface area contributed by atoms with Crippen molar-refractivity contribution in [3.05, 3.63) is 59.1 Å². The summed E-state index contributed by atoms with van der Waals surface area (Å²) in [5.74, 6) is 0.806. The first-order chi connectivity index (χ1) is 12.6. The van der Waals surface area contributed by atoms with Gasteiger partial charge in [-0.2, -0.15) is 0 Å². The van der Waals surface area contributed by atoms with Crippen molar-refractivity contribution >= 4 is 23.4 Å². The summed E-state index contributed by atoms with van der Waals surface area (Å²) in [5.41, 5.74) is 0.533. The van der Waals surface area contributed by atoms with Crippen molar-refractivity contribution < 1.29 is 19.1 Å². The minimum Gasteiger partial charge on any atom is -0.494 e. The molecule has 2 aromatic rings. The molecule has 2 N–H and O–H groups in total. The SMILES string of the molecule is CCOc1ccc(C(=O)NCCNC(=O)COc2ccc(Cl)cc2)cc1. The van der Waals surface area contributed by atoms with Gasteiger partial charge in [-0.3, -0.25) is 9.59 Å². The number of amides is 2. The summed E-state index contributed by atoms with van der Waals surface area (Å²) in [6, 6.07) is 13.6. The van der Waals surface area contributed by atoms with Gasteiger partial charge in [-0.1, -0.05) is 11.6 Å². The van der Waals surface area contributed by atoms with E-state index in [2.05, 4.69) is 10.6 Å². The molecule has 0 atom stereocenters. The Morgan fingerprint density at radius 2 is 1.46 bits per heavy atom. The predicted octanol–water partition coefficient (Wildman–Crippen LogP) is 2.66. The molecule has 0 spiro atoms. The third kappa shape index (κ3) is 6.64. The van der Waals surface area contributed by atoms with Crippen LogP contribution in [0.2, 0.25) is 5.02 Å². The highest BCUT2D eigenvalue weighted by Gasteiger charge is 2.06. The van der Waals surface area contributed by atoms with Gasteiger partial charge >= 0.3 is 0 Å². The fraction of sp³-hybridized carbons (Fsp3) is 0.263. The van der Waals surface area contributed by atoms with E-state index in [1.54, 1.807) is 48.5 Å². The van der Waals surface area contributed by atoms with Gasteiger partial charge in [-0.25, -0.2) is 0 Å². The minimum atomic E-state index is -0.268. The van der Waals surface area contributed by atoms with Crippen LogP contribution < -0.4 is 20.1 Å². The van der Waals surface area contributed by atoms with Crippen LogP contribution in [0.5, 0.6) is 11.5 Å². The molecule has 2 amide bonds. The van der Waals surface area contributed by atoms with Gasteiger partial charge in [-0.05, 0) is 55.5 Å². The normalized spacial score (nSPS) is 10.1. The second kappa shape index (κ2) is 10.3. The quantitative estimate of drug-likeness (QED) is 0.660. The van der Waals surface area contributed by atoms with Crippen molar-refractivity contribution in [2.75, 3.05) is 26.3 Å². The van der Waals surface area contributed by atoms with E-state index in [0.29, 0.717) is 36.0 Å². The van der Waals surface area contributed by atoms with Gasteiger partial charge in [0, 0.05) is 23.7 Å². The largest absolute Gasteiger partial charge is 0.494 e. The van der Waals surface area contributed by atoms with Crippen LogP contribution in [0.15, 0.2) is 48.5 Å². The van der Waals surface area contributed by atoms with Gasteiger partial charge in [0.05, 0.1) is 6.61 Å². The lowest BCUT2D eigenvalue weighted by Crippen LogP contribution is -2.36. The molecule has 7 heteroatoms. The van der Waals surface area contributed by atoms with Crippen LogP contribution in [0, 0.1) is 0 Å². The number of hydrogen-bond acceptors (Lipinski definition) is 4. The molecule has 138 valence electrons. The van der Waals surface area contributed by atoms with Crippen LogP contribution in [0.3, 0.4) is 0 Å². The zero-order valence-electron chi connectivity index (χ0n) is 14.5. The van der Waals surface area contributed by atoms with E-state index in [0.717, 1.165) is 5.75 Å². The number of benzene rings is 2. The van der Waals surface area contributed by atoms with Crippen LogP contribution >= 0.6 is 11.6 Å². The van der Waals surface area contributed by atoms with Gasteiger partial charge in [0.15, 0.2) is 6.61 Å². The van der Waals surface area contributed by atoms with Gasteiger partial charge in [0.25, 0.3) is 11.8 Å². The lowest BCUT2D eigenvalue weighted by molar-refractivity contribution is -0.123. The highest BCUT2D eigenvalue weighted by atomic mass is 35.5. The van der Waals surface area contributed by atoms with E-state index in [9.17, 15) is 9.59 Å². The topological polar surface area (TPSA) is 76.7 Å². The monoisotopic (exact) mass is 376 g/mol. The van der Waals surface area contributed by atoms with Crippen LogP contribution in [0.1, 0.15) is 17.3 Å². The molecular formula is C19H21ClN2O4. The van der Waals surface area contributed by atoms with Crippen molar-refractivity contribution in [2.45, 2.75) is 6.92 Å². The first-order valence-electron chi connectivity index (χ1n) is 8.24. The summed E-state index contributed by atoms with van der Waals surface area (Å²) in [6.07, 6.45) is 0. The Balaban J connectivity index is 1.63.